The number of nitrogens with zero attached hydrogens (tertiary/aromatic N) is 3. The second kappa shape index (κ2) is 6.91. The van der Waals surface area contributed by atoms with Crippen LogP contribution in [0.3, 0.4) is 0 Å². The van der Waals surface area contributed by atoms with Crippen LogP contribution in [0.1, 0.15) is 58.2 Å². The Morgan fingerprint density at radius 1 is 1.19 bits per heavy atom. The molecule has 2 unspecified atom stereocenters. The summed E-state index contributed by atoms with van der Waals surface area (Å²) >= 11 is 0. The van der Waals surface area contributed by atoms with Crippen LogP contribution in [0.4, 0.5) is 0 Å². The van der Waals surface area contributed by atoms with Gasteiger partial charge in [-0.25, -0.2) is 9.67 Å². The molecule has 4 nitrogen and oxygen atoms in total. The van der Waals surface area contributed by atoms with Crippen LogP contribution in [0.15, 0.2) is 6.33 Å². The molecule has 0 aromatic carbocycles. The fourth-order valence-electron chi connectivity index (χ4n) is 3.61. The second-order valence-electron chi connectivity index (χ2n) is 7.44. The van der Waals surface area contributed by atoms with Gasteiger partial charge < -0.3 is 5.32 Å². The van der Waals surface area contributed by atoms with Crippen LogP contribution in [0.5, 0.6) is 0 Å². The number of hydrogen-bond acceptors (Lipinski definition) is 3. The Bertz CT molecular complexity index is 436. The van der Waals surface area contributed by atoms with Crippen molar-refractivity contribution in [3.05, 3.63) is 12.2 Å². The first-order valence-electron chi connectivity index (χ1n) is 8.82. The normalized spacial score (nSPS) is 26.4. The summed E-state index contributed by atoms with van der Waals surface area (Å²) in [6.07, 6.45) is 11.2. The van der Waals surface area contributed by atoms with Crippen molar-refractivity contribution < 1.29 is 0 Å². The summed E-state index contributed by atoms with van der Waals surface area (Å²) in [5.74, 6) is 3.46. The van der Waals surface area contributed by atoms with E-state index in [1.807, 2.05) is 0 Å². The van der Waals surface area contributed by atoms with Crippen LogP contribution in [-0.4, -0.2) is 27.4 Å². The summed E-state index contributed by atoms with van der Waals surface area (Å²) in [6.45, 7) is 6.70. The largest absolute Gasteiger partial charge is 0.314 e. The molecule has 0 saturated heterocycles. The van der Waals surface area contributed by atoms with Gasteiger partial charge in [0, 0.05) is 19.0 Å². The number of rotatable bonds is 7. The maximum absolute atomic E-state index is 4.54. The van der Waals surface area contributed by atoms with Crippen molar-refractivity contribution >= 4 is 0 Å². The van der Waals surface area contributed by atoms with E-state index in [9.17, 15) is 0 Å². The predicted molar refractivity (Wildman–Crippen MR) is 85.0 cm³/mol. The summed E-state index contributed by atoms with van der Waals surface area (Å²) in [5, 5.41) is 8.16. The Morgan fingerprint density at radius 3 is 2.67 bits per heavy atom. The smallest absolute Gasteiger partial charge is 0.138 e. The second-order valence-corrected chi connectivity index (χ2v) is 7.44. The lowest BCUT2D eigenvalue weighted by atomic mass is 9.77. The predicted octanol–water partition coefficient (Wildman–Crippen LogP) is 3.04. The molecule has 0 amide bonds. The Kier molecular flexibility index (Phi) is 4.94. The van der Waals surface area contributed by atoms with Gasteiger partial charge in [0.05, 0.1) is 0 Å². The van der Waals surface area contributed by atoms with Gasteiger partial charge in [-0.3, -0.25) is 0 Å². The number of aromatic nitrogens is 3. The Morgan fingerprint density at radius 2 is 1.95 bits per heavy atom. The summed E-state index contributed by atoms with van der Waals surface area (Å²) in [7, 11) is 0. The van der Waals surface area contributed by atoms with Gasteiger partial charge in [0.2, 0.25) is 0 Å². The van der Waals surface area contributed by atoms with Gasteiger partial charge in [0.1, 0.15) is 12.2 Å². The van der Waals surface area contributed by atoms with E-state index in [0.717, 1.165) is 30.8 Å². The number of hydrogen-bond donors (Lipinski definition) is 1. The van der Waals surface area contributed by atoms with E-state index in [2.05, 4.69) is 33.9 Å². The average Bonchev–Trinajstić information content (AvgIpc) is 3.20. The SMILES string of the molecule is CC(C)Cn1ncnc1CC1CCCCC1CNC1CC1. The molecule has 4 heteroatoms. The third kappa shape index (κ3) is 4.29. The minimum atomic E-state index is 0.629. The fraction of sp³-hybridized carbons (Fsp3) is 0.882. The van der Waals surface area contributed by atoms with E-state index in [4.69, 9.17) is 0 Å². The quantitative estimate of drug-likeness (QED) is 0.839. The monoisotopic (exact) mass is 290 g/mol. The molecule has 1 heterocycles. The van der Waals surface area contributed by atoms with Gasteiger partial charge in [-0.05, 0) is 50.0 Å². The van der Waals surface area contributed by atoms with Gasteiger partial charge in [-0.1, -0.05) is 26.7 Å². The van der Waals surface area contributed by atoms with Gasteiger partial charge in [-0.15, -0.1) is 0 Å². The Hall–Kier alpha value is -0.900. The molecule has 118 valence electrons. The van der Waals surface area contributed by atoms with Crippen LogP contribution in [0.2, 0.25) is 0 Å². The summed E-state index contributed by atoms with van der Waals surface area (Å²) < 4.78 is 2.13. The van der Waals surface area contributed by atoms with Gasteiger partial charge in [0.15, 0.2) is 0 Å². The van der Waals surface area contributed by atoms with Crippen LogP contribution in [0.25, 0.3) is 0 Å². The Labute approximate surface area is 128 Å². The van der Waals surface area contributed by atoms with Crippen LogP contribution >= 0.6 is 0 Å². The van der Waals surface area contributed by atoms with Gasteiger partial charge in [0.25, 0.3) is 0 Å². The molecular weight excluding hydrogens is 260 g/mol. The highest BCUT2D eigenvalue weighted by atomic mass is 15.3. The molecule has 2 atom stereocenters. The fourth-order valence-corrected chi connectivity index (χ4v) is 3.61. The standard InChI is InChI=1S/C17H30N4/c1-13(2)11-21-17(19-12-20-21)9-14-5-3-4-6-15(14)10-18-16-7-8-16/h12-16,18H,3-11H2,1-2H3. The van der Waals surface area contributed by atoms with E-state index in [0.29, 0.717) is 5.92 Å². The molecule has 1 aromatic heterocycles. The van der Waals surface area contributed by atoms with Gasteiger partial charge >= 0.3 is 0 Å². The first-order valence-corrected chi connectivity index (χ1v) is 8.82. The van der Waals surface area contributed by atoms with Crippen molar-refractivity contribution in [2.45, 2.75) is 71.4 Å². The minimum Gasteiger partial charge on any atom is -0.314 e. The lowest BCUT2D eigenvalue weighted by Crippen LogP contribution is -2.33. The van der Waals surface area contributed by atoms with Crippen molar-refractivity contribution in [2.24, 2.45) is 17.8 Å². The molecule has 1 aromatic rings. The highest BCUT2D eigenvalue weighted by Gasteiger charge is 2.29. The molecule has 21 heavy (non-hydrogen) atoms. The maximum atomic E-state index is 4.54. The van der Waals surface area contributed by atoms with Crippen molar-refractivity contribution in [3.63, 3.8) is 0 Å². The molecule has 2 saturated carbocycles. The van der Waals surface area contributed by atoms with Crippen molar-refractivity contribution in [2.75, 3.05) is 6.54 Å². The molecule has 0 spiro atoms. The molecule has 2 aliphatic carbocycles. The van der Waals surface area contributed by atoms with Crippen molar-refractivity contribution in [1.29, 1.82) is 0 Å². The molecule has 2 fully saturated rings. The lowest BCUT2D eigenvalue weighted by Gasteiger charge is -2.31. The van der Waals surface area contributed by atoms with Gasteiger partial charge in [-0.2, -0.15) is 5.10 Å². The maximum Gasteiger partial charge on any atom is 0.138 e. The Balaban J connectivity index is 1.59. The zero-order chi connectivity index (χ0) is 14.7. The summed E-state index contributed by atoms with van der Waals surface area (Å²) in [4.78, 5) is 4.54. The molecule has 3 rings (SSSR count). The van der Waals surface area contributed by atoms with E-state index in [1.165, 1.54) is 50.9 Å². The molecule has 0 aliphatic heterocycles. The summed E-state index contributed by atoms with van der Waals surface area (Å²) in [5.41, 5.74) is 0. The molecule has 2 aliphatic rings. The highest BCUT2D eigenvalue weighted by molar-refractivity contribution is 4.92. The van der Waals surface area contributed by atoms with E-state index in [1.54, 1.807) is 6.33 Å². The average molecular weight is 290 g/mol. The van der Waals surface area contributed by atoms with Crippen LogP contribution in [-0.2, 0) is 13.0 Å². The topological polar surface area (TPSA) is 42.7 Å². The van der Waals surface area contributed by atoms with E-state index < -0.39 is 0 Å². The lowest BCUT2D eigenvalue weighted by molar-refractivity contribution is 0.222. The molecule has 0 radical (unpaired) electrons. The van der Waals surface area contributed by atoms with Crippen molar-refractivity contribution in [1.82, 2.24) is 20.1 Å². The van der Waals surface area contributed by atoms with Crippen LogP contribution < -0.4 is 5.32 Å². The first-order chi connectivity index (χ1) is 10.2. The van der Waals surface area contributed by atoms with E-state index >= 15 is 0 Å². The van der Waals surface area contributed by atoms with Crippen LogP contribution in [0, 0.1) is 17.8 Å². The highest BCUT2D eigenvalue weighted by Crippen LogP contribution is 2.32. The minimum absolute atomic E-state index is 0.629. The molecule has 0 bridgehead atoms. The zero-order valence-corrected chi connectivity index (χ0v) is 13.6. The number of nitrogens with one attached hydrogen (secondary N) is 1. The molecule has 1 N–H and O–H groups in total. The first kappa shape index (κ1) is 15.0. The molecular formula is C17H30N4. The van der Waals surface area contributed by atoms with E-state index in [-0.39, 0.29) is 0 Å². The zero-order valence-electron chi connectivity index (χ0n) is 13.6. The third-order valence-electron chi connectivity index (χ3n) is 4.99. The van der Waals surface area contributed by atoms with Crippen molar-refractivity contribution in [3.8, 4) is 0 Å². The third-order valence-corrected chi connectivity index (χ3v) is 4.99. The summed E-state index contributed by atoms with van der Waals surface area (Å²) in [6, 6.07) is 0.831.